The van der Waals surface area contributed by atoms with Gasteiger partial charge in [0.1, 0.15) is 0 Å². The van der Waals surface area contributed by atoms with Crippen LogP contribution in [0.1, 0.15) is 12.5 Å². The van der Waals surface area contributed by atoms with Gasteiger partial charge in [0.25, 0.3) is 0 Å². The molecule has 0 fully saturated rings. The SMILES string of the molecule is CC(=O)SCC=Cc1ccc(N)cc1Cl. The van der Waals surface area contributed by atoms with Gasteiger partial charge in [0.05, 0.1) is 0 Å². The molecule has 0 amide bonds. The summed E-state index contributed by atoms with van der Waals surface area (Å²) in [4.78, 5) is 10.7. The maximum absolute atomic E-state index is 10.7. The predicted molar refractivity (Wildman–Crippen MR) is 68.0 cm³/mol. The van der Waals surface area contributed by atoms with Crippen LogP contribution in [-0.2, 0) is 4.79 Å². The standard InChI is InChI=1S/C11H12ClNOS/c1-8(14)15-6-2-3-9-4-5-10(13)7-11(9)12/h2-5,7H,6,13H2,1H3. The third-order valence-corrected chi connectivity index (χ3v) is 2.80. The van der Waals surface area contributed by atoms with Crippen molar-refractivity contribution in [3.8, 4) is 0 Å². The highest BCUT2D eigenvalue weighted by Crippen LogP contribution is 2.20. The number of anilines is 1. The van der Waals surface area contributed by atoms with Crippen molar-refractivity contribution >= 4 is 40.2 Å². The van der Waals surface area contributed by atoms with Crippen LogP contribution in [0.2, 0.25) is 5.02 Å². The Morgan fingerprint density at radius 2 is 2.33 bits per heavy atom. The number of carbonyl (C=O) groups excluding carboxylic acids is 1. The normalized spacial score (nSPS) is 10.8. The van der Waals surface area contributed by atoms with Crippen molar-refractivity contribution in [2.24, 2.45) is 0 Å². The van der Waals surface area contributed by atoms with Crippen molar-refractivity contribution in [1.29, 1.82) is 0 Å². The minimum absolute atomic E-state index is 0.114. The lowest BCUT2D eigenvalue weighted by Gasteiger charge is -1.99. The van der Waals surface area contributed by atoms with Gasteiger partial charge < -0.3 is 5.73 Å². The van der Waals surface area contributed by atoms with Gasteiger partial charge >= 0.3 is 0 Å². The van der Waals surface area contributed by atoms with Crippen LogP contribution in [-0.4, -0.2) is 10.9 Å². The number of nitrogen functional groups attached to an aromatic ring is 1. The molecule has 0 aromatic heterocycles. The summed E-state index contributed by atoms with van der Waals surface area (Å²) in [6.45, 7) is 1.55. The van der Waals surface area contributed by atoms with Crippen molar-refractivity contribution in [3.63, 3.8) is 0 Å². The lowest BCUT2D eigenvalue weighted by atomic mass is 10.2. The number of carbonyl (C=O) groups is 1. The van der Waals surface area contributed by atoms with Crippen molar-refractivity contribution in [2.75, 3.05) is 11.5 Å². The fourth-order valence-corrected chi connectivity index (χ4v) is 1.70. The zero-order chi connectivity index (χ0) is 11.3. The van der Waals surface area contributed by atoms with Crippen LogP contribution in [0.4, 0.5) is 5.69 Å². The maximum Gasteiger partial charge on any atom is 0.186 e. The zero-order valence-electron chi connectivity index (χ0n) is 8.37. The Balaban J connectivity index is 2.60. The number of rotatable bonds is 3. The summed E-state index contributed by atoms with van der Waals surface area (Å²) in [6, 6.07) is 5.36. The molecule has 0 heterocycles. The highest BCUT2D eigenvalue weighted by Gasteiger charge is 1.96. The molecule has 0 saturated heterocycles. The molecule has 0 saturated carbocycles. The first-order valence-electron chi connectivity index (χ1n) is 4.44. The summed E-state index contributed by atoms with van der Waals surface area (Å²) in [5.74, 6) is 0.663. The van der Waals surface area contributed by atoms with E-state index < -0.39 is 0 Å². The van der Waals surface area contributed by atoms with Gasteiger partial charge in [-0.3, -0.25) is 4.79 Å². The number of hydrogen-bond donors (Lipinski definition) is 1. The molecular weight excluding hydrogens is 230 g/mol. The van der Waals surface area contributed by atoms with Crippen LogP contribution in [0, 0.1) is 0 Å². The first kappa shape index (κ1) is 12.1. The van der Waals surface area contributed by atoms with E-state index >= 15 is 0 Å². The minimum atomic E-state index is 0.114. The highest BCUT2D eigenvalue weighted by molar-refractivity contribution is 8.13. The summed E-state index contributed by atoms with van der Waals surface area (Å²) in [7, 11) is 0. The first-order chi connectivity index (χ1) is 7.09. The van der Waals surface area contributed by atoms with Gasteiger partial charge in [-0.1, -0.05) is 41.6 Å². The largest absolute Gasteiger partial charge is 0.399 e. The van der Waals surface area contributed by atoms with Crippen LogP contribution in [0.15, 0.2) is 24.3 Å². The number of nitrogens with two attached hydrogens (primary N) is 1. The molecule has 0 aliphatic rings. The molecule has 0 spiro atoms. The molecule has 0 atom stereocenters. The molecule has 0 aliphatic heterocycles. The first-order valence-corrected chi connectivity index (χ1v) is 5.81. The van der Waals surface area contributed by atoms with Gasteiger partial charge in [0, 0.05) is 23.4 Å². The van der Waals surface area contributed by atoms with Crippen molar-refractivity contribution in [2.45, 2.75) is 6.92 Å². The molecule has 1 rings (SSSR count). The van der Waals surface area contributed by atoms with E-state index in [9.17, 15) is 4.79 Å². The highest BCUT2D eigenvalue weighted by atomic mass is 35.5. The molecule has 1 aromatic rings. The second-order valence-corrected chi connectivity index (χ2v) is 4.59. The van der Waals surface area contributed by atoms with Gasteiger partial charge in [0.15, 0.2) is 5.12 Å². The Labute approximate surface area is 98.5 Å². The fourth-order valence-electron chi connectivity index (χ4n) is 1.02. The van der Waals surface area contributed by atoms with Gasteiger partial charge in [-0.15, -0.1) is 0 Å². The molecule has 0 bridgehead atoms. The lowest BCUT2D eigenvalue weighted by molar-refractivity contribution is -0.109. The average molecular weight is 242 g/mol. The van der Waals surface area contributed by atoms with E-state index in [0.29, 0.717) is 16.5 Å². The van der Waals surface area contributed by atoms with Crippen LogP contribution < -0.4 is 5.73 Å². The zero-order valence-corrected chi connectivity index (χ0v) is 9.94. The molecular formula is C11H12ClNOS. The van der Waals surface area contributed by atoms with Crippen LogP contribution in [0.25, 0.3) is 6.08 Å². The van der Waals surface area contributed by atoms with E-state index in [2.05, 4.69) is 0 Å². The van der Waals surface area contributed by atoms with E-state index in [-0.39, 0.29) is 5.12 Å². The van der Waals surface area contributed by atoms with Crippen molar-refractivity contribution in [1.82, 2.24) is 0 Å². The third-order valence-electron chi connectivity index (χ3n) is 1.70. The minimum Gasteiger partial charge on any atom is -0.399 e. The second kappa shape index (κ2) is 5.83. The Morgan fingerprint density at radius 3 is 2.93 bits per heavy atom. The Morgan fingerprint density at radius 1 is 1.60 bits per heavy atom. The summed E-state index contributed by atoms with van der Waals surface area (Å²) >= 11 is 7.23. The third kappa shape index (κ3) is 4.40. The number of hydrogen-bond acceptors (Lipinski definition) is 3. The topological polar surface area (TPSA) is 43.1 Å². The summed E-state index contributed by atoms with van der Waals surface area (Å²) in [5, 5.41) is 0.738. The van der Waals surface area contributed by atoms with E-state index in [1.54, 1.807) is 19.1 Å². The van der Waals surface area contributed by atoms with Crippen LogP contribution in [0.5, 0.6) is 0 Å². The second-order valence-electron chi connectivity index (χ2n) is 2.99. The van der Waals surface area contributed by atoms with E-state index in [0.717, 1.165) is 5.56 Å². The van der Waals surface area contributed by atoms with E-state index in [1.165, 1.54) is 11.8 Å². The van der Waals surface area contributed by atoms with Gasteiger partial charge in [-0.05, 0) is 17.7 Å². The van der Waals surface area contributed by atoms with E-state index in [1.807, 2.05) is 18.2 Å². The number of thioether (sulfide) groups is 1. The van der Waals surface area contributed by atoms with Crippen LogP contribution >= 0.6 is 23.4 Å². The van der Waals surface area contributed by atoms with Gasteiger partial charge in [-0.25, -0.2) is 0 Å². The molecule has 80 valence electrons. The smallest absolute Gasteiger partial charge is 0.186 e. The van der Waals surface area contributed by atoms with E-state index in [4.69, 9.17) is 17.3 Å². The Kier molecular flexibility index (Phi) is 4.72. The van der Waals surface area contributed by atoms with Gasteiger partial charge in [-0.2, -0.15) is 0 Å². The lowest BCUT2D eigenvalue weighted by Crippen LogP contribution is -1.85. The maximum atomic E-state index is 10.7. The molecule has 4 heteroatoms. The Hall–Kier alpha value is -0.930. The molecule has 0 unspecified atom stereocenters. The van der Waals surface area contributed by atoms with Crippen molar-refractivity contribution in [3.05, 3.63) is 34.9 Å². The molecule has 2 nitrogen and oxygen atoms in total. The number of benzene rings is 1. The molecule has 0 radical (unpaired) electrons. The number of halogens is 1. The summed E-state index contributed by atoms with van der Waals surface area (Å²) in [5.41, 5.74) is 7.13. The Bertz CT molecular complexity index is 390. The molecule has 0 aliphatic carbocycles. The monoisotopic (exact) mass is 241 g/mol. The summed E-state index contributed by atoms with van der Waals surface area (Å²) < 4.78 is 0. The predicted octanol–water partition coefficient (Wildman–Crippen LogP) is 3.22. The fraction of sp³-hybridized carbons (Fsp3) is 0.182. The van der Waals surface area contributed by atoms with Gasteiger partial charge in [0.2, 0.25) is 0 Å². The summed E-state index contributed by atoms with van der Waals surface area (Å²) in [6.07, 6.45) is 3.79. The quantitative estimate of drug-likeness (QED) is 0.827. The molecule has 15 heavy (non-hydrogen) atoms. The van der Waals surface area contributed by atoms with Crippen molar-refractivity contribution < 1.29 is 4.79 Å². The van der Waals surface area contributed by atoms with Crippen LogP contribution in [0.3, 0.4) is 0 Å². The molecule has 1 aromatic carbocycles. The molecule has 2 N–H and O–H groups in total. The average Bonchev–Trinajstić information content (AvgIpc) is 2.14.